The Hall–Kier alpha value is -1.42. The first kappa shape index (κ1) is 23.6. The molecule has 1 unspecified atom stereocenters. The molecule has 0 aliphatic heterocycles. The fourth-order valence-electron chi connectivity index (χ4n) is 2.35. The van der Waals surface area contributed by atoms with E-state index in [4.69, 9.17) is 18.9 Å². The predicted octanol–water partition coefficient (Wildman–Crippen LogP) is 2.07. The molecule has 8 heteroatoms. The van der Waals surface area contributed by atoms with Crippen molar-refractivity contribution in [2.45, 2.75) is 19.4 Å². The second-order valence-corrected chi connectivity index (χ2v) is 5.26. The summed E-state index contributed by atoms with van der Waals surface area (Å²) in [4.78, 5) is 4.21. The van der Waals surface area contributed by atoms with Crippen molar-refractivity contribution in [2.24, 2.45) is 4.99 Å². The van der Waals surface area contributed by atoms with E-state index in [9.17, 15) is 0 Å². The van der Waals surface area contributed by atoms with Crippen LogP contribution in [0.4, 0.5) is 0 Å². The first-order valence-electron chi connectivity index (χ1n) is 7.84. The van der Waals surface area contributed by atoms with E-state index in [1.54, 1.807) is 35.5 Å². The zero-order valence-corrected chi connectivity index (χ0v) is 18.2. The molecule has 0 radical (unpaired) electrons. The van der Waals surface area contributed by atoms with Crippen molar-refractivity contribution in [3.63, 3.8) is 0 Å². The molecular weight excluding hydrogens is 437 g/mol. The van der Waals surface area contributed by atoms with E-state index in [2.05, 4.69) is 15.6 Å². The van der Waals surface area contributed by atoms with Gasteiger partial charge in [0.25, 0.3) is 0 Å². The summed E-state index contributed by atoms with van der Waals surface area (Å²) in [6.07, 6.45) is 0.718. The molecule has 1 atom stereocenters. The molecule has 0 fully saturated rings. The van der Waals surface area contributed by atoms with Gasteiger partial charge in [-0.3, -0.25) is 4.99 Å². The molecular formula is C17H30IN3O4. The van der Waals surface area contributed by atoms with Crippen LogP contribution in [0.15, 0.2) is 17.1 Å². The number of nitrogens with one attached hydrogen (secondary N) is 2. The van der Waals surface area contributed by atoms with E-state index in [0.29, 0.717) is 18.9 Å². The maximum atomic E-state index is 5.46. The van der Waals surface area contributed by atoms with Gasteiger partial charge in [-0.1, -0.05) is 0 Å². The Morgan fingerprint density at radius 2 is 1.68 bits per heavy atom. The lowest BCUT2D eigenvalue weighted by molar-refractivity contribution is 0.179. The standard InChI is InChI=1S/C17H29N3O4.HI/c1-12(11-21-3)20-17(18-2)19-8-7-14-15(23-5)9-13(22-4)10-16(14)24-6;/h9-10,12H,7-8,11H2,1-6H3,(H2,18,19,20);1H. The second-order valence-electron chi connectivity index (χ2n) is 5.26. The van der Waals surface area contributed by atoms with Crippen LogP contribution in [0.3, 0.4) is 0 Å². The van der Waals surface area contributed by atoms with Crippen molar-refractivity contribution < 1.29 is 18.9 Å². The first-order valence-corrected chi connectivity index (χ1v) is 7.84. The number of halogens is 1. The Kier molecular flexibility index (Phi) is 12.1. The summed E-state index contributed by atoms with van der Waals surface area (Å²) in [5, 5.41) is 6.54. The molecule has 7 nitrogen and oxygen atoms in total. The lowest BCUT2D eigenvalue weighted by Gasteiger charge is -2.18. The van der Waals surface area contributed by atoms with E-state index < -0.39 is 0 Å². The Morgan fingerprint density at radius 1 is 1.08 bits per heavy atom. The quantitative estimate of drug-likeness (QED) is 0.329. The third kappa shape index (κ3) is 7.55. The Balaban J connectivity index is 0.00000576. The van der Waals surface area contributed by atoms with Crippen LogP contribution in [0.5, 0.6) is 17.2 Å². The zero-order chi connectivity index (χ0) is 17.9. The molecule has 1 rings (SSSR count). The van der Waals surface area contributed by atoms with Gasteiger partial charge in [-0.25, -0.2) is 0 Å². The van der Waals surface area contributed by atoms with Gasteiger partial charge in [0.05, 0.1) is 27.9 Å². The van der Waals surface area contributed by atoms with E-state index in [0.717, 1.165) is 29.4 Å². The monoisotopic (exact) mass is 467 g/mol. The van der Waals surface area contributed by atoms with Gasteiger partial charge < -0.3 is 29.6 Å². The lowest BCUT2D eigenvalue weighted by Crippen LogP contribution is -2.44. The number of aliphatic imine (C=N–C) groups is 1. The van der Waals surface area contributed by atoms with Gasteiger partial charge in [0.15, 0.2) is 5.96 Å². The summed E-state index contributed by atoms with van der Waals surface area (Å²) in [5.74, 6) is 2.91. The number of nitrogens with zero attached hydrogens (tertiary/aromatic N) is 1. The lowest BCUT2D eigenvalue weighted by atomic mass is 10.1. The van der Waals surface area contributed by atoms with Crippen molar-refractivity contribution >= 4 is 29.9 Å². The molecule has 0 bridgehead atoms. The van der Waals surface area contributed by atoms with Crippen molar-refractivity contribution in [1.29, 1.82) is 0 Å². The van der Waals surface area contributed by atoms with E-state index in [1.807, 2.05) is 19.1 Å². The zero-order valence-electron chi connectivity index (χ0n) is 15.8. The minimum atomic E-state index is 0. The van der Waals surface area contributed by atoms with Gasteiger partial charge in [0.1, 0.15) is 17.2 Å². The van der Waals surface area contributed by atoms with Crippen LogP contribution < -0.4 is 24.8 Å². The van der Waals surface area contributed by atoms with Crippen LogP contribution in [-0.2, 0) is 11.2 Å². The highest BCUT2D eigenvalue weighted by Gasteiger charge is 2.13. The molecule has 0 aliphatic carbocycles. The summed E-state index contributed by atoms with van der Waals surface area (Å²) in [6.45, 7) is 3.32. The predicted molar refractivity (Wildman–Crippen MR) is 111 cm³/mol. The highest BCUT2D eigenvalue weighted by Crippen LogP contribution is 2.34. The fraction of sp³-hybridized carbons (Fsp3) is 0.588. The minimum absolute atomic E-state index is 0. The van der Waals surface area contributed by atoms with Gasteiger partial charge in [-0.05, 0) is 13.3 Å². The van der Waals surface area contributed by atoms with E-state index in [-0.39, 0.29) is 30.0 Å². The largest absolute Gasteiger partial charge is 0.496 e. The smallest absolute Gasteiger partial charge is 0.191 e. The van der Waals surface area contributed by atoms with Gasteiger partial charge in [0.2, 0.25) is 0 Å². The third-order valence-corrected chi connectivity index (χ3v) is 3.51. The van der Waals surface area contributed by atoms with Crippen LogP contribution in [0.25, 0.3) is 0 Å². The van der Waals surface area contributed by atoms with Crippen molar-refractivity contribution in [2.75, 3.05) is 48.6 Å². The Morgan fingerprint density at radius 3 is 2.12 bits per heavy atom. The summed E-state index contributed by atoms with van der Waals surface area (Å²) < 4.78 is 21.3. The van der Waals surface area contributed by atoms with Gasteiger partial charge in [0, 0.05) is 44.4 Å². The van der Waals surface area contributed by atoms with Gasteiger partial charge in [-0.15, -0.1) is 24.0 Å². The molecule has 1 aromatic carbocycles. The van der Waals surface area contributed by atoms with Gasteiger partial charge >= 0.3 is 0 Å². The van der Waals surface area contributed by atoms with Crippen LogP contribution >= 0.6 is 24.0 Å². The molecule has 0 aliphatic rings. The third-order valence-electron chi connectivity index (χ3n) is 3.51. The minimum Gasteiger partial charge on any atom is -0.496 e. The Labute approximate surface area is 167 Å². The molecule has 0 saturated carbocycles. The average Bonchev–Trinajstić information content (AvgIpc) is 2.60. The highest BCUT2D eigenvalue weighted by molar-refractivity contribution is 14.0. The normalized spacial score (nSPS) is 12.0. The highest BCUT2D eigenvalue weighted by atomic mass is 127. The summed E-state index contributed by atoms with van der Waals surface area (Å²) in [7, 11) is 8.31. The maximum absolute atomic E-state index is 5.46. The van der Waals surface area contributed by atoms with Crippen LogP contribution in [0.2, 0.25) is 0 Å². The van der Waals surface area contributed by atoms with Gasteiger partial charge in [-0.2, -0.15) is 0 Å². The molecule has 0 amide bonds. The number of ether oxygens (including phenoxy) is 4. The molecule has 0 heterocycles. The summed E-state index contributed by atoms with van der Waals surface area (Å²) in [5.41, 5.74) is 0.980. The second kappa shape index (κ2) is 12.9. The number of rotatable bonds is 9. The van der Waals surface area contributed by atoms with Crippen molar-refractivity contribution in [1.82, 2.24) is 10.6 Å². The molecule has 0 saturated heterocycles. The summed E-state index contributed by atoms with van der Waals surface area (Å²) in [6, 6.07) is 3.88. The number of benzene rings is 1. The molecule has 144 valence electrons. The Bertz CT molecular complexity index is 516. The molecule has 0 spiro atoms. The molecule has 25 heavy (non-hydrogen) atoms. The van der Waals surface area contributed by atoms with E-state index in [1.165, 1.54) is 0 Å². The maximum Gasteiger partial charge on any atom is 0.191 e. The topological polar surface area (TPSA) is 73.3 Å². The SMILES string of the molecule is CN=C(NCCc1c(OC)cc(OC)cc1OC)NC(C)COC.I. The van der Waals surface area contributed by atoms with Crippen molar-refractivity contribution in [3.8, 4) is 17.2 Å². The van der Waals surface area contributed by atoms with Crippen LogP contribution in [-0.4, -0.2) is 60.6 Å². The fourth-order valence-corrected chi connectivity index (χ4v) is 2.35. The number of hydrogen-bond donors (Lipinski definition) is 2. The van der Waals surface area contributed by atoms with Crippen molar-refractivity contribution in [3.05, 3.63) is 17.7 Å². The number of hydrogen-bond acceptors (Lipinski definition) is 5. The van der Waals surface area contributed by atoms with Crippen LogP contribution in [0, 0.1) is 0 Å². The molecule has 0 aromatic heterocycles. The molecule has 2 N–H and O–H groups in total. The van der Waals surface area contributed by atoms with Crippen LogP contribution in [0.1, 0.15) is 12.5 Å². The number of methoxy groups -OCH3 is 4. The average molecular weight is 467 g/mol. The molecule has 1 aromatic rings. The van der Waals surface area contributed by atoms with E-state index >= 15 is 0 Å². The summed E-state index contributed by atoms with van der Waals surface area (Å²) >= 11 is 0. The number of guanidine groups is 1. The first-order chi connectivity index (χ1) is 11.6.